The molecule has 0 aliphatic rings. The first-order valence-corrected chi connectivity index (χ1v) is 5.46. The number of hydrogen-bond donors (Lipinski definition) is 1. The molecule has 1 heterocycles. The van der Waals surface area contributed by atoms with Crippen molar-refractivity contribution in [2.45, 2.75) is 13.5 Å². The van der Waals surface area contributed by atoms with E-state index >= 15 is 0 Å². The second kappa shape index (κ2) is 4.59. The van der Waals surface area contributed by atoms with Gasteiger partial charge in [-0.3, -0.25) is 9.48 Å². The lowest BCUT2D eigenvalue weighted by Gasteiger charge is -1.98. The number of carboxylic acids is 1. The van der Waals surface area contributed by atoms with Crippen LogP contribution in [0.4, 0.5) is 0 Å². The van der Waals surface area contributed by atoms with Gasteiger partial charge in [0.05, 0.1) is 5.69 Å². The Morgan fingerprint density at radius 2 is 2.06 bits per heavy atom. The molecule has 1 N–H and O–H groups in total. The number of carboxylic acid groups (broad SMARTS) is 1. The molecular formula is C12H11ClN2O2. The van der Waals surface area contributed by atoms with Crippen LogP contribution in [-0.4, -0.2) is 20.9 Å². The number of rotatable bonds is 3. The lowest BCUT2D eigenvalue weighted by atomic mass is 10.1. The molecule has 88 valence electrons. The van der Waals surface area contributed by atoms with E-state index in [2.05, 4.69) is 5.10 Å². The molecule has 5 heteroatoms. The van der Waals surface area contributed by atoms with Crippen molar-refractivity contribution in [2.24, 2.45) is 0 Å². The Bertz CT molecular complexity index is 546. The molecule has 0 aliphatic carbocycles. The Morgan fingerprint density at radius 3 is 2.65 bits per heavy atom. The molecule has 0 atom stereocenters. The average molecular weight is 251 g/mol. The highest BCUT2D eigenvalue weighted by molar-refractivity contribution is 6.30. The van der Waals surface area contributed by atoms with Gasteiger partial charge in [-0.15, -0.1) is 0 Å². The summed E-state index contributed by atoms with van der Waals surface area (Å²) in [5.41, 5.74) is 2.69. The third kappa shape index (κ3) is 2.65. The van der Waals surface area contributed by atoms with Gasteiger partial charge in [0.25, 0.3) is 0 Å². The van der Waals surface area contributed by atoms with Crippen LogP contribution < -0.4 is 0 Å². The molecule has 0 spiro atoms. The van der Waals surface area contributed by atoms with Gasteiger partial charge in [-0.25, -0.2) is 0 Å². The highest BCUT2D eigenvalue weighted by atomic mass is 35.5. The smallest absolute Gasteiger partial charge is 0.325 e. The lowest BCUT2D eigenvalue weighted by Crippen LogP contribution is -2.08. The van der Waals surface area contributed by atoms with E-state index in [-0.39, 0.29) is 6.54 Å². The third-order valence-corrected chi connectivity index (χ3v) is 2.65. The number of halogens is 1. The Morgan fingerprint density at radius 1 is 1.41 bits per heavy atom. The monoisotopic (exact) mass is 250 g/mol. The minimum atomic E-state index is -0.907. The molecule has 2 aromatic rings. The zero-order chi connectivity index (χ0) is 12.4. The predicted octanol–water partition coefficient (Wildman–Crippen LogP) is 2.60. The van der Waals surface area contributed by atoms with E-state index in [1.807, 2.05) is 19.1 Å². The number of carbonyl (C=O) groups is 1. The van der Waals surface area contributed by atoms with Gasteiger partial charge >= 0.3 is 5.97 Å². The molecule has 0 saturated carbocycles. The van der Waals surface area contributed by atoms with Crippen LogP contribution in [0.1, 0.15) is 5.69 Å². The molecule has 4 nitrogen and oxygen atoms in total. The van der Waals surface area contributed by atoms with Crippen LogP contribution in [0, 0.1) is 6.92 Å². The summed E-state index contributed by atoms with van der Waals surface area (Å²) in [7, 11) is 0. The molecule has 1 aromatic heterocycles. The van der Waals surface area contributed by atoms with Crippen molar-refractivity contribution < 1.29 is 9.90 Å². The fourth-order valence-electron chi connectivity index (χ4n) is 1.65. The van der Waals surface area contributed by atoms with Crippen molar-refractivity contribution in [1.29, 1.82) is 0 Å². The minimum Gasteiger partial charge on any atom is -0.480 e. The molecule has 0 bridgehead atoms. The summed E-state index contributed by atoms with van der Waals surface area (Å²) in [6.45, 7) is 1.72. The van der Waals surface area contributed by atoms with Gasteiger partial charge in [-0.05, 0) is 24.6 Å². The van der Waals surface area contributed by atoms with Crippen LogP contribution in [0.15, 0.2) is 30.5 Å². The van der Waals surface area contributed by atoms with Crippen LogP contribution in [0.3, 0.4) is 0 Å². The Balaban J connectivity index is 2.35. The molecular weight excluding hydrogens is 240 g/mol. The summed E-state index contributed by atoms with van der Waals surface area (Å²) in [6, 6.07) is 7.37. The largest absolute Gasteiger partial charge is 0.480 e. The Kier molecular flexibility index (Phi) is 3.15. The topological polar surface area (TPSA) is 55.1 Å². The molecule has 0 radical (unpaired) electrons. The van der Waals surface area contributed by atoms with Gasteiger partial charge in [0.1, 0.15) is 6.54 Å². The second-order valence-corrected chi connectivity index (χ2v) is 4.16. The maximum Gasteiger partial charge on any atom is 0.325 e. The average Bonchev–Trinajstić information content (AvgIpc) is 2.59. The number of aliphatic carboxylic acids is 1. The predicted molar refractivity (Wildman–Crippen MR) is 65.0 cm³/mol. The van der Waals surface area contributed by atoms with Crippen LogP contribution in [0.2, 0.25) is 5.02 Å². The first-order chi connectivity index (χ1) is 8.06. The van der Waals surface area contributed by atoms with Crippen LogP contribution >= 0.6 is 11.6 Å². The van der Waals surface area contributed by atoms with Crippen LogP contribution in [0.5, 0.6) is 0 Å². The van der Waals surface area contributed by atoms with Crippen molar-refractivity contribution in [2.75, 3.05) is 0 Å². The van der Waals surface area contributed by atoms with E-state index in [0.717, 1.165) is 16.8 Å². The SMILES string of the molecule is Cc1nn(CC(=O)O)cc1-c1ccc(Cl)cc1. The summed E-state index contributed by atoms with van der Waals surface area (Å²) in [5.74, 6) is -0.907. The van der Waals surface area contributed by atoms with Crippen molar-refractivity contribution in [3.63, 3.8) is 0 Å². The Labute approximate surface area is 103 Å². The van der Waals surface area contributed by atoms with Gasteiger partial charge in [-0.2, -0.15) is 5.10 Å². The molecule has 0 aliphatic heterocycles. The second-order valence-electron chi connectivity index (χ2n) is 3.73. The van der Waals surface area contributed by atoms with Crippen molar-refractivity contribution >= 4 is 17.6 Å². The first-order valence-electron chi connectivity index (χ1n) is 5.08. The number of aromatic nitrogens is 2. The quantitative estimate of drug-likeness (QED) is 0.911. The molecule has 2 rings (SSSR count). The molecule has 0 unspecified atom stereocenters. The van der Waals surface area contributed by atoms with E-state index in [1.54, 1.807) is 18.3 Å². The van der Waals surface area contributed by atoms with E-state index in [4.69, 9.17) is 16.7 Å². The lowest BCUT2D eigenvalue weighted by molar-refractivity contribution is -0.137. The Hall–Kier alpha value is -1.81. The van der Waals surface area contributed by atoms with E-state index in [9.17, 15) is 4.79 Å². The maximum absolute atomic E-state index is 10.6. The van der Waals surface area contributed by atoms with Gasteiger partial charge < -0.3 is 5.11 Å². The van der Waals surface area contributed by atoms with Crippen molar-refractivity contribution in [3.8, 4) is 11.1 Å². The van der Waals surface area contributed by atoms with Crippen LogP contribution in [-0.2, 0) is 11.3 Å². The van der Waals surface area contributed by atoms with Crippen molar-refractivity contribution in [1.82, 2.24) is 9.78 Å². The molecule has 0 amide bonds. The van der Waals surface area contributed by atoms with E-state index in [1.165, 1.54) is 4.68 Å². The van der Waals surface area contributed by atoms with E-state index in [0.29, 0.717) is 5.02 Å². The van der Waals surface area contributed by atoms with Crippen molar-refractivity contribution in [3.05, 3.63) is 41.2 Å². The highest BCUT2D eigenvalue weighted by Gasteiger charge is 2.08. The highest BCUT2D eigenvalue weighted by Crippen LogP contribution is 2.23. The van der Waals surface area contributed by atoms with Crippen LogP contribution in [0.25, 0.3) is 11.1 Å². The molecule has 0 saturated heterocycles. The summed E-state index contributed by atoms with van der Waals surface area (Å²) in [5, 5.41) is 13.5. The number of benzene rings is 1. The summed E-state index contributed by atoms with van der Waals surface area (Å²) in [4.78, 5) is 10.6. The summed E-state index contributed by atoms with van der Waals surface area (Å²) >= 11 is 5.81. The molecule has 1 aromatic carbocycles. The van der Waals surface area contributed by atoms with Gasteiger partial charge in [0.15, 0.2) is 0 Å². The fraction of sp³-hybridized carbons (Fsp3) is 0.167. The maximum atomic E-state index is 10.6. The van der Waals surface area contributed by atoms with Gasteiger partial charge in [-0.1, -0.05) is 23.7 Å². The van der Waals surface area contributed by atoms with Gasteiger partial charge in [0, 0.05) is 16.8 Å². The minimum absolute atomic E-state index is 0.131. The number of hydrogen-bond acceptors (Lipinski definition) is 2. The molecule has 17 heavy (non-hydrogen) atoms. The number of nitrogens with zero attached hydrogens (tertiary/aromatic N) is 2. The van der Waals surface area contributed by atoms with E-state index < -0.39 is 5.97 Å². The number of aryl methyl sites for hydroxylation is 1. The zero-order valence-electron chi connectivity index (χ0n) is 9.22. The molecule has 0 fully saturated rings. The summed E-state index contributed by atoms with van der Waals surface area (Å²) in [6.07, 6.45) is 1.73. The third-order valence-electron chi connectivity index (χ3n) is 2.40. The summed E-state index contributed by atoms with van der Waals surface area (Å²) < 4.78 is 1.42. The first kappa shape index (κ1) is 11.7. The normalized spacial score (nSPS) is 10.5. The zero-order valence-corrected chi connectivity index (χ0v) is 9.98. The standard InChI is InChI=1S/C12H11ClN2O2/c1-8-11(6-15(14-8)7-12(16)17)9-2-4-10(13)5-3-9/h2-6H,7H2,1H3,(H,16,17). The van der Waals surface area contributed by atoms with Gasteiger partial charge in [0.2, 0.25) is 0 Å². The fourth-order valence-corrected chi connectivity index (χ4v) is 1.78.